The van der Waals surface area contributed by atoms with E-state index in [1.165, 1.54) is 11.3 Å². The SMILES string of the molecule is COc1ccc(C)cc1N1C[C@H](C(=O)Nc2nncs2)CC1=O. The number of carbonyl (C=O) groups excluding carboxylic acids is 2. The van der Waals surface area contributed by atoms with Gasteiger partial charge in [-0.2, -0.15) is 0 Å². The van der Waals surface area contributed by atoms with Gasteiger partial charge in [0.1, 0.15) is 11.3 Å². The zero-order valence-corrected chi connectivity index (χ0v) is 13.6. The minimum Gasteiger partial charge on any atom is -0.495 e. The molecule has 1 N–H and O–H groups in total. The van der Waals surface area contributed by atoms with Gasteiger partial charge in [-0.25, -0.2) is 0 Å². The summed E-state index contributed by atoms with van der Waals surface area (Å²) < 4.78 is 5.33. The van der Waals surface area contributed by atoms with Crippen LogP contribution in [-0.4, -0.2) is 35.7 Å². The van der Waals surface area contributed by atoms with Gasteiger partial charge < -0.3 is 15.0 Å². The van der Waals surface area contributed by atoms with Crippen LogP contribution in [0.2, 0.25) is 0 Å². The lowest BCUT2D eigenvalue weighted by molar-refractivity contribution is -0.122. The van der Waals surface area contributed by atoms with E-state index in [-0.39, 0.29) is 18.2 Å². The number of methoxy groups -OCH3 is 1. The third kappa shape index (κ3) is 3.16. The fraction of sp³-hybridized carbons (Fsp3) is 0.333. The molecule has 7 nitrogen and oxygen atoms in total. The first-order chi connectivity index (χ1) is 11.1. The molecular formula is C15H16N4O3S. The van der Waals surface area contributed by atoms with Gasteiger partial charge in [-0.05, 0) is 24.6 Å². The van der Waals surface area contributed by atoms with Gasteiger partial charge in [0.15, 0.2) is 0 Å². The smallest absolute Gasteiger partial charge is 0.231 e. The van der Waals surface area contributed by atoms with Gasteiger partial charge >= 0.3 is 0 Å². The van der Waals surface area contributed by atoms with Crippen LogP contribution < -0.4 is 15.0 Å². The number of nitrogens with zero attached hydrogens (tertiary/aromatic N) is 3. The summed E-state index contributed by atoms with van der Waals surface area (Å²) in [7, 11) is 1.56. The van der Waals surface area contributed by atoms with Gasteiger partial charge in [0.05, 0.1) is 18.7 Å². The van der Waals surface area contributed by atoms with Gasteiger partial charge in [0.25, 0.3) is 0 Å². The molecule has 23 heavy (non-hydrogen) atoms. The molecule has 1 aromatic heterocycles. The Kier molecular flexibility index (Phi) is 4.24. The summed E-state index contributed by atoms with van der Waals surface area (Å²) in [4.78, 5) is 26.2. The standard InChI is InChI=1S/C15H16N4O3S/c1-9-3-4-12(22-2)11(5-9)19-7-10(6-13(19)20)14(21)17-15-18-16-8-23-15/h3-5,8,10H,6-7H2,1-2H3,(H,17,18,21)/t10-/m1/s1. The van der Waals surface area contributed by atoms with E-state index in [2.05, 4.69) is 15.5 Å². The zero-order valence-electron chi connectivity index (χ0n) is 12.8. The van der Waals surface area contributed by atoms with Crippen LogP contribution >= 0.6 is 11.3 Å². The molecule has 3 rings (SSSR count). The van der Waals surface area contributed by atoms with Crippen LogP contribution in [0.5, 0.6) is 5.75 Å². The van der Waals surface area contributed by atoms with E-state index in [9.17, 15) is 9.59 Å². The zero-order chi connectivity index (χ0) is 16.4. The molecule has 1 aliphatic heterocycles. The van der Waals surface area contributed by atoms with Crippen molar-refractivity contribution in [3.63, 3.8) is 0 Å². The van der Waals surface area contributed by atoms with Crippen LogP contribution in [0.4, 0.5) is 10.8 Å². The van der Waals surface area contributed by atoms with Crippen molar-refractivity contribution in [2.75, 3.05) is 23.9 Å². The van der Waals surface area contributed by atoms with Crippen LogP contribution in [0.15, 0.2) is 23.7 Å². The summed E-state index contributed by atoms with van der Waals surface area (Å²) >= 11 is 1.24. The van der Waals surface area contributed by atoms with E-state index in [0.29, 0.717) is 23.1 Å². The number of benzene rings is 1. The van der Waals surface area contributed by atoms with Gasteiger partial charge in [-0.3, -0.25) is 9.59 Å². The summed E-state index contributed by atoms with van der Waals surface area (Å²) in [5.74, 6) is -0.110. The fourth-order valence-corrected chi connectivity index (χ4v) is 3.01. The molecule has 1 aromatic carbocycles. The Balaban J connectivity index is 1.77. The minimum absolute atomic E-state index is 0.0914. The average Bonchev–Trinajstić information content (AvgIpc) is 3.16. The number of carbonyl (C=O) groups is 2. The lowest BCUT2D eigenvalue weighted by atomic mass is 10.1. The Morgan fingerprint density at radius 3 is 3.00 bits per heavy atom. The molecule has 1 atom stereocenters. The summed E-state index contributed by atoms with van der Waals surface area (Å²) in [5, 5.41) is 10.6. The van der Waals surface area contributed by atoms with E-state index < -0.39 is 5.92 Å². The highest BCUT2D eigenvalue weighted by atomic mass is 32.1. The largest absolute Gasteiger partial charge is 0.495 e. The summed E-state index contributed by atoms with van der Waals surface area (Å²) in [5.41, 5.74) is 3.26. The number of aromatic nitrogens is 2. The second kappa shape index (κ2) is 6.33. The highest BCUT2D eigenvalue weighted by Gasteiger charge is 2.36. The lowest BCUT2D eigenvalue weighted by Gasteiger charge is -2.20. The molecule has 0 radical (unpaired) electrons. The molecule has 120 valence electrons. The Hall–Kier alpha value is -2.48. The van der Waals surface area contributed by atoms with Crippen molar-refractivity contribution < 1.29 is 14.3 Å². The first-order valence-corrected chi connectivity index (χ1v) is 7.98. The molecule has 1 saturated heterocycles. The number of anilines is 2. The Bertz CT molecular complexity index is 732. The van der Waals surface area contributed by atoms with Gasteiger partial charge in [-0.15, -0.1) is 10.2 Å². The van der Waals surface area contributed by atoms with Crippen molar-refractivity contribution >= 4 is 34.0 Å². The minimum atomic E-state index is -0.420. The van der Waals surface area contributed by atoms with E-state index >= 15 is 0 Å². The van der Waals surface area contributed by atoms with Crippen molar-refractivity contribution in [2.24, 2.45) is 5.92 Å². The maximum absolute atomic E-state index is 12.3. The van der Waals surface area contributed by atoms with Crippen LogP contribution in [-0.2, 0) is 9.59 Å². The quantitative estimate of drug-likeness (QED) is 0.923. The normalized spacial score (nSPS) is 17.4. The predicted octanol–water partition coefficient (Wildman–Crippen LogP) is 1.85. The topological polar surface area (TPSA) is 84.4 Å². The predicted molar refractivity (Wildman–Crippen MR) is 86.7 cm³/mol. The van der Waals surface area contributed by atoms with Crippen LogP contribution in [0, 0.1) is 12.8 Å². The highest BCUT2D eigenvalue weighted by Crippen LogP contribution is 2.34. The first kappa shape index (κ1) is 15.4. The molecule has 0 spiro atoms. The monoisotopic (exact) mass is 332 g/mol. The average molecular weight is 332 g/mol. The van der Waals surface area contributed by atoms with Gasteiger partial charge in [0, 0.05) is 13.0 Å². The molecule has 0 saturated carbocycles. The molecule has 0 unspecified atom stereocenters. The molecule has 0 bridgehead atoms. The third-order valence-corrected chi connectivity index (χ3v) is 4.32. The van der Waals surface area contributed by atoms with Crippen molar-refractivity contribution in [1.29, 1.82) is 0 Å². The molecule has 2 aromatic rings. The van der Waals surface area contributed by atoms with Crippen molar-refractivity contribution in [1.82, 2.24) is 10.2 Å². The van der Waals surface area contributed by atoms with Crippen molar-refractivity contribution in [3.05, 3.63) is 29.3 Å². The maximum atomic E-state index is 12.3. The number of rotatable bonds is 4. The fourth-order valence-electron chi connectivity index (χ4n) is 2.56. The second-order valence-electron chi connectivity index (χ2n) is 5.31. The highest BCUT2D eigenvalue weighted by molar-refractivity contribution is 7.13. The van der Waals surface area contributed by atoms with Crippen molar-refractivity contribution in [2.45, 2.75) is 13.3 Å². The van der Waals surface area contributed by atoms with E-state index in [4.69, 9.17) is 4.74 Å². The molecule has 1 fully saturated rings. The Morgan fingerprint density at radius 1 is 1.48 bits per heavy atom. The summed E-state index contributed by atoms with van der Waals surface area (Å²) in [6.07, 6.45) is 0.168. The van der Waals surface area contributed by atoms with Gasteiger partial charge in [0.2, 0.25) is 16.9 Å². The van der Waals surface area contributed by atoms with E-state index in [0.717, 1.165) is 5.56 Å². The molecule has 0 aliphatic carbocycles. The maximum Gasteiger partial charge on any atom is 0.231 e. The van der Waals surface area contributed by atoms with Crippen LogP contribution in [0.3, 0.4) is 0 Å². The molecule has 1 aliphatic rings. The number of amides is 2. The Labute approximate surface area is 137 Å². The molecule has 2 heterocycles. The molecular weight excluding hydrogens is 316 g/mol. The number of ether oxygens (including phenoxy) is 1. The van der Waals surface area contributed by atoms with E-state index in [1.54, 1.807) is 17.5 Å². The number of hydrogen-bond donors (Lipinski definition) is 1. The first-order valence-electron chi connectivity index (χ1n) is 7.10. The third-order valence-electron chi connectivity index (χ3n) is 3.71. The Morgan fingerprint density at radius 2 is 2.30 bits per heavy atom. The lowest BCUT2D eigenvalue weighted by Crippen LogP contribution is -2.28. The number of aryl methyl sites for hydroxylation is 1. The van der Waals surface area contributed by atoms with E-state index in [1.807, 2.05) is 25.1 Å². The summed E-state index contributed by atoms with van der Waals surface area (Å²) in [6.45, 7) is 2.27. The second-order valence-corrected chi connectivity index (χ2v) is 6.15. The summed E-state index contributed by atoms with van der Waals surface area (Å²) in [6, 6.07) is 5.64. The number of nitrogens with one attached hydrogen (secondary N) is 1. The number of hydrogen-bond acceptors (Lipinski definition) is 6. The molecule has 8 heteroatoms. The van der Waals surface area contributed by atoms with Crippen molar-refractivity contribution in [3.8, 4) is 5.75 Å². The van der Waals surface area contributed by atoms with Gasteiger partial charge in [-0.1, -0.05) is 17.4 Å². The van der Waals surface area contributed by atoms with Crippen LogP contribution in [0.25, 0.3) is 0 Å². The molecule has 2 amide bonds. The van der Waals surface area contributed by atoms with Crippen LogP contribution in [0.1, 0.15) is 12.0 Å².